The van der Waals surface area contributed by atoms with Gasteiger partial charge < -0.3 is 9.84 Å². The van der Waals surface area contributed by atoms with E-state index in [1.165, 1.54) is 5.56 Å². The van der Waals surface area contributed by atoms with Gasteiger partial charge in [-0.3, -0.25) is 4.79 Å². The molecule has 0 saturated carbocycles. The third-order valence-corrected chi connectivity index (χ3v) is 4.49. The number of aromatic nitrogens is 1. The molecule has 0 radical (unpaired) electrons. The number of rotatable bonds is 5. The summed E-state index contributed by atoms with van der Waals surface area (Å²) in [6.07, 6.45) is 1.09. The molecule has 4 heteroatoms. The van der Waals surface area contributed by atoms with E-state index >= 15 is 0 Å². The lowest BCUT2D eigenvalue weighted by molar-refractivity contribution is 0.102. The third-order valence-electron chi connectivity index (χ3n) is 4.49. The van der Waals surface area contributed by atoms with Crippen molar-refractivity contribution in [2.24, 2.45) is 0 Å². The second kappa shape index (κ2) is 7.34. The summed E-state index contributed by atoms with van der Waals surface area (Å²) in [5.41, 5.74) is 3.92. The molecule has 0 saturated heterocycles. The van der Waals surface area contributed by atoms with E-state index in [2.05, 4.69) is 36.5 Å². The zero-order chi connectivity index (χ0) is 17.8. The number of anilines is 1. The van der Waals surface area contributed by atoms with E-state index in [-0.39, 0.29) is 5.91 Å². The quantitative estimate of drug-likeness (QED) is 0.678. The molecule has 3 aromatic rings. The number of hydrogen-bond acceptors (Lipinski definition) is 3. The molecule has 1 N–H and O–H groups in total. The molecule has 3 rings (SSSR count). The van der Waals surface area contributed by atoms with Gasteiger partial charge in [-0.2, -0.15) is 0 Å². The van der Waals surface area contributed by atoms with Crippen molar-refractivity contribution >= 4 is 11.6 Å². The molecule has 0 unspecified atom stereocenters. The molecule has 0 aliphatic rings. The number of hydrogen-bond donors (Lipinski definition) is 1. The molecule has 128 valence electrons. The Morgan fingerprint density at radius 2 is 1.80 bits per heavy atom. The molecule has 0 fully saturated rings. The van der Waals surface area contributed by atoms with Crippen LogP contribution in [0.4, 0.5) is 5.69 Å². The van der Waals surface area contributed by atoms with Gasteiger partial charge in [0, 0.05) is 11.3 Å². The van der Waals surface area contributed by atoms with Gasteiger partial charge in [0.2, 0.25) is 0 Å². The van der Waals surface area contributed by atoms with Crippen LogP contribution in [0.3, 0.4) is 0 Å². The lowest BCUT2D eigenvalue weighted by Gasteiger charge is -2.10. The number of nitrogens with one attached hydrogen (secondary N) is 1. The molecular formula is C21H22N2O2. The minimum Gasteiger partial charge on any atom is -0.360 e. The van der Waals surface area contributed by atoms with E-state index in [0.29, 0.717) is 22.9 Å². The first-order valence-electron chi connectivity index (χ1n) is 8.53. The first-order valence-corrected chi connectivity index (χ1v) is 8.53. The first-order chi connectivity index (χ1) is 12.1. The van der Waals surface area contributed by atoms with Crippen LogP contribution in [0.15, 0.2) is 59.1 Å². The summed E-state index contributed by atoms with van der Waals surface area (Å²) in [6, 6.07) is 17.6. The number of benzene rings is 2. The van der Waals surface area contributed by atoms with Gasteiger partial charge in [-0.05, 0) is 37.0 Å². The Labute approximate surface area is 147 Å². The van der Waals surface area contributed by atoms with Gasteiger partial charge in [0.05, 0.1) is 0 Å². The van der Waals surface area contributed by atoms with Crippen LogP contribution < -0.4 is 5.32 Å². The second-order valence-corrected chi connectivity index (χ2v) is 6.21. The second-order valence-electron chi connectivity index (χ2n) is 6.21. The molecule has 0 bridgehead atoms. The molecule has 0 aliphatic carbocycles. The van der Waals surface area contributed by atoms with Gasteiger partial charge in [-0.1, -0.05) is 61.5 Å². The third kappa shape index (κ3) is 3.63. The smallest absolute Gasteiger partial charge is 0.261 e. The maximum Gasteiger partial charge on any atom is 0.261 e. The first kappa shape index (κ1) is 17.0. The molecule has 1 aromatic heterocycles. The molecule has 1 heterocycles. The predicted molar refractivity (Wildman–Crippen MR) is 99.8 cm³/mol. The minimum absolute atomic E-state index is 0.214. The topological polar surface area (TPSA) is 55.1 Å². The van der Waals surface area contributed by atoms with Gasteiger partial charge in [0.1, 0.15) is 17.0 Å². The number of carbonyl (C=O) groups is 1. The van der Waals surface area contributed by atoms with E-state index < -0.39 is 0 Å². The van der Waals surface area contributed by atoms with Crippen molar-refractivity contribution in [1.82, 2.24) is 5.16 Å². The van der Waals surface area contributed by atoms with Gasteiger partial charge in [0.25, 0.3) is 5.91 Å². The SMILES string of the molecule is CC[C@@H](C)c1ccc(NC(=O)c2c(-c3ccccc3)noc2C)cc1. The summed E-state index contributed by atoms with van der Waals surface area (Å²) in [7, 11) is 0. The molecular weight excluding hydrogens is 312 g/mol. The Balaban J connectivity index is 1.84. The molecule has 0 aliphatic heterocycles. The van der Waals surface area contributed by atoms with E-state index in [1.807, 2.05) is 42.5 Å². The Morgan fingerprint density at radius 1 is 1.12 bits per heavy atom. The molecule has 4 nitrogen and oxygen atoms in total. The fraction of sp³-hybridized carbons (Fsp3) is 0.238. The lowest BCUT2D eigenvalue weighted by atomic mass is 9.98. The van der Waals surface area contributed by atoms with Crippen LogP contribution in [0.25, 0.3) is 11.3 Å². The normalized spacial score (nSPS) is 12.0. The highest BCUT2D eigenvalue weighted by molar-refractivity contribution is 6.08. The highest BCUT2D eigenvalue weighted by Crippen LogP contribution is 2.26. The number of amides is 1. The zero-order valence-electron chi connectivity index (χ0n) is 14.7. The Morgan fingerprint density at radius 3 is 2.44 bits per heavy atom. The van der Waals surface area contributed by atoms with Crippen LogP contribution >= 0.6 is 0 Å². The average molecular weight is 334 g/mol. The maximum atomic E-state index is 12.8. The van der Waals surface area contributed by atoms with E-state index in [0.717, 1.165) is 17.7 Å². The van der Waals surface area contributed by atoms with Crippen molar-refractivity contribution in [3.8, 4) is 11.3 Å². The molecule has 1 atom stereocenters. The highest BCUT2D eigenvalue weighted by atomic mass is 16.5. The molecule has 0 spiro atoms. The van der Waals surface area contributed by atoms with Crippen molar-refractivity contribution in [3.05, 3.63) is 71.5 Å². The van der Waals surface area contributed by atoms with E-state index in [1.54, 1.807) is 6.92 Å². The largest absolute Gasteiger partial charge is 0.360 e. The van der Waals surface area contributed by atoms with Gasteiger partial charge >= 0.3 is 0 Å². The lowest BCUT2D eigenvalue weighted by Crippen LogP contribution is -2.13. The van der Waals surface area contributed by atoms with Crippen LogP contribution in [0.5, 0.6) is 0 Å². The fourth-order valence-corrected chi connectivity index (χ4v) is 2.76. The van der Waals surface area contributed by atoms with Crippen molar-refractivity contribution in [3.63, 3.8) is 0 Å². The van der Waals surface area contributed by atoms with E-state index in [9.17, 15) is 4.79 Å². The Hall–Kier alpha value is -2.88. The molecule has 1 amide bonds. The Bertz CT molecular complexity index is 851. The summed E-state index contributed by atoms with van der Waals surface area (Å²) in [4.78, 5) is 12.8. The summed E-state index contributed by atoms with van der Waals surface area (Å²) < 4.78 is 5.26. The predicted octanol–water partition coefficient (Wildman–Crippen LogP) is 5.42. The van der Waals surface area contributed by atoms with Crippen molar-refractivity contribution < 1.29 is 9.32 Å². The Kier molecular flexibility index (Phi) is 4.98. The van der Waals surface area contributed by atoms with Crippen LogP contribution in [-0.2, 0) is 0 Å². The van der Waals surface area contributed by atoms with Crippen LogP contribution in [0.1, 0.15) is 47.9 Å². The number of nitrogens with zero attached hydrogens (tertiary/aromatic N) is 1. The summed E-state index contributed by atoms with van der Waals surface area (Å²) in [5.74, 6) is 0.802. The van der Waals surface area contributed by atoms with Gasteiger partial charge in [-0.25, -0.2) is 0 Å². The molecule has 25 heavy (non-hydrogen) atoms. The zero-order valence-corrected chi connectivity index (χ0v) is 14.7. The minimum atomic E-state index is -0.214. The van der Waals surface area contributed by atoms with Crippen LogP contribution in [0, 0.1) is 6.92 Å². The number of aryl methyl sites for hydroxylation is 1. The summed E-state index contributed by atoms with van der Waals surface area (Å²) >= 11 is 0. The summed E-state index contributed by atoms with van der Waals surface area (Å²) in [5, 5.41) is 7.00. The molecule has 2 aromatic carbocycles. The van der Waals surface area contributed by atoms with Crippen LogP contribution in [0.2, 0.25) is 0 Å². The van der Waals surface area contributed by atoms with Crippen molar-refractivity contribution in [1.29, 1.82) is 0 Å². The van der Waals surface area contributed by atoms with E-state index in [4.69, 9.17) is 4.52 Å². The maximum absolute atomic E-state index is 12.8. The van der Waals surface area contributed by atoms with Crippen molar-refractivity contribution in [2.45, 2.75) is 33.1 Å². The number of carbonyl (C=O) groups excluding carboxylic acids is 1. The van der Waals surface area contributed by atoms with Crippen LogP contribution in [-0.4, -0.2) is 11.1 Å². The monoisotopic (exact) mass is 334 g/mol. The standard InChI is InChI=1S/C21H22N2O2/c1-4-14(2)16-10-12-18(13-11-16)22-21(24)19-15(3)25-23-20(19)17-8-6-5-7-9-17/h5-14H,4H2,1-3H3,(H,22,24)/t14-/m1/s1. The average Bonchev–Trinajstić information content (AvgIpc) is 3.04. The van der Waals surface area contributed by atoms with Gasteiger partial charge in [0.15, 0.2) is 0 Å². The van der Waals surface area contributed by atoms with Crippen molar-refractivity contribution in [2.75, 3.05) is 5.32 Å². The van der Waals surface area contributed by atoms with Gasteiger partial charge in [-0.15, -0.1) is 0 Å². The summed E-state index contributed by atoms with van der Waals surface area (Å²) in [6.45, 7) is 6.11. The highest BCUT2D eigenvalue weighted by Gasteiger charge is 2.21. The fourth-order valence-electron chi connectivity index (χ4n) is 2.76.